The molecule has 0 aromatic carbocycles. The van der Waals surface area contributed by atoms with Crippen molar-refractivity contribution in [2.45, 2.75) is 58.0 Å². The second kappa shape index (κ2) is 5.11. The van der Waals surface area contributed by atoms with Gasteiger partial charge in [-0.05, 0) is 40.0 Å². The third-order valence-corrected chi connectivity index (χ3v) is 5.48. The van der Waals surface area contributed by atoms with Gasteiger partial charge in [0.2, 0.25) is 5.91 Å². The SMILES string of the molecule is Cc1nn(C)c(C)c1C(C)C(=O)N1C2CCC1C(C(=O)O)C2. The summed E-state index contributed by atoms with van der Waals surface area (Å²) in [5.74, 6) is -1.39. The Kier molecular flexibility index (Phi) is 3.50. The summed E-state index contributed by atoms with van der Waals surface area (Å²) in [7, 11) is 1.88. The molecule has 1 aromatic rings. The molecule has 120 valence electrons. The van der Waals surface area contributed by atoms with Crippen molar-refractivity contribution in [3.8, 4) is 0 Å². The fourth-order valence-electron chi connectivity index (χ4n) is 4.36. The predicted octanol–water partition coefficient (Wildman–Crippen LogP) is 1.60. The van der Waals surface area contributed by atoms with Crippen LogP contribution in [0.2, 0.25) is 0 Å². The number of aryl methyl sites for hydroxylation is 2. The molecular weight excluding hydrogens is 282 g/mol. The van der Waals surface area contributed by atoms with E-state index in [4.69, 9.17) is 0 Å². The smallest absolute Gasteiger partial charge is 0.308 e. The summed E-state index contributed by atoms with van der Waals surface area (Å²) in [6.07, 6.45) is 2.34. The van der Waals surface area contributed by atoms with E-state index in [1.807, 2.05) is 32.7 Å². The first kappa shape index (κ1) is 15.1. The number of aromatic nitrogens is 2. The number of carbonyl (C=O) groups excluding carboxylic acids is 1. The van der Waals surface area contributed by atoms with Crippen molar-refractivity contribution < 1.29 is 14.7 Å². The quantitative estimate of drug-likeness (QED) is 0.920. The number of carbonyl (C=O) groups is 2. The van der Waals surface area contributed by atoms with Crippen molar-refractivity contribution >= 4 is 11.9 Å². The third kappa shape index (κ3) is 2.04. The number of amides is 1. The van der Waals surface area contributed by atoms with Crippen LogP contribution in [-0.4, -0.2) is 43.7 Å². The Morgan fingerprint density at radius 1 is 1.32 bits per heavy atom. The molecule has 6 heteroatoms. The van der Waals surface area contributed by atoms with Crippen LogP contribution in [-0.2, 0) is 16.6 Å². The minimum atomic E-state index is -0.772. The van der Waals surface area contributed by atoms with Gasteiger partial charge in [0, 0.05) is 30.4 Å². The van der Waals surface area contributed by atoms with Crippen molar-refractivity contribution in [3.05, 3.63) is 17.0 Å². The monoisotopic (exact) mass is 305 g/mol. The highest BCUT2D eigenvalue weighted by Gasteiger charge is 2.52. The maximum absolute atomic E-state index is 13.0. The molecular formula is C16H23N3O3. The van der Waals surface area contributed by atoms with Gasteiger partial charge in [-0.2, -0.15) is 5.10 Å². The van der Waals surface area contributed by atoms with Gasteiger partial charge >= 0.3 is 5.97 Å². The molecule has 2 aliphatic rings. The van der Waals surface area contributed by atoms with Gasteiger partial charge in [0.05, 0.1) is 17.5 Å². The molecule has 3 rings (SSSR count). The lowest BCUT2D eigenvalue weighted by Gasteiger charge is -2.26. The predicted molar refractivity (Wildman–Crippen MR) is 80.5 cm³/mol. The highest BCUT2D eigenvalue weighted by molar-refractivity contribution is 5.86. The van der Waals surface area contributed by atoms with Crippen LogP contribution in [0.5, 0.6) is 0 Å². The highest BCUT2D eigenvalue weighted by Crippen LogP contribution is 2.43. The average molecular weight is 305 g/mol. The van der Waals surface area contributed by atoms with Crippen LogP contribution in [0.15, 0.2) is 0 Å². The molecule has 22 heavy (non-hydrogen) atoms. The Morgan fingerprint density at radius 3 is 2.50 bits per heavy atom. The van der Waals surface area contributed by atoms with Crippen LogP contribution >= 0.6 is 0 Å². The minimum absolute atomic E-state index is 0.0513. The van der Waals surface area contributed by atoms with Crippen molar-refractivity contribution in [3.63, 3.8) is 0 Å². The number of hydrogen-bond acceptors (Lipinski definition) is 3. The molecule has 2 fully saturated rings. The van der Waals surface area contributed by atoms with Crippen molar-refractivity contribution in [1.82, 2.24) is 14.7 Å². The van der Waals surface area contributed by atoms with E-state index in [0.29, 0.717) is 6.42 Å². The summed E-state index contributed by atoms with van der Waals surface area (Å²) in [6.45, 7) is 5.80. The number of hydrogen-bond donors (Lipinski definition) is 1. The summed E-state index contributed by atoms with van der Waals surface area (Å²) in [5.41, 5.74) is 2.85. The first-order chi connectivity index (χ1) is 10.3. The summed E-state index contributed by atoms with van der Waals surface area (Å²) in [6, 6.07) is -0.0342. The van der Waals surface area contributed by atoms with Crippen molar-refractivity contribution in [2.24, 2.45) is 13.0 Å². The maximum Gasteiger partial charge on any atom is 0.308 e. The number of carboxylic acids is 1. The Morgan fingerprint density at radius 2 is 2.00 bits per heavy atom. The Balaban J connectivity index is 1.87. The van der Waals surface area contributed by atoms with Crippen LogP contribution in [0, 0.1) is 19.8 Å². The van der Waals surface area contributed by atoms with Crippen molar-refractivity contribution in [1.29, 1.82) is 0 Å². The lowest BCUT2D eigenvalue weighted by molar-refractivity contribution is -0.143. The zero-order valence-electron chi connectivity index (χ0n) is 13.5. The number of nitrogens with zero attached hydrogens (tertiary/aromatic N) is 3. The van der Waals surface area contributed by atoms with E-state index >= 15 is 0 Å². The number of fused-ring (bicyclic) bond motifs is 2. The zero-order valence-corrected chi connectivity index (χ0v) is 13.5. The molecule has 2 bridgehead atoms. The van der Waals surface area contributed by atoms with E-state index in [9.17, 15) is 14.7 Å². The first-order valence-electron chi connectivity index (χ1n) is 7.88. The van der Waals surface area contributed by atoms with Crippen LogP contribution in [0.3, 0.4) is 0 Å². The molecule has 4 atom stereocenters. The standard InChI is InChI=1S/C16H23N3O3/c1-8(14-9(2)17-18(4)10(14)3)15(20)19-11-5-6-13(19)12(7-11)16(21)22/h8,11-13H,5-7H2,1-4H3,(H,21,22). The molecule has 0 spiro atoms. The third-order valence-electron chi connectivity index (χ3n) is 5.48. The topological polar surface area (TPSA) is 75.4 Å². The summed E-state index contributed by atoms with van der Waals surface area (Å²) < 4.78 is 1.80. The summed E-state index contributed by atoms with van der Waals surface area (Å²) in [4.78, 5) is 26.2. The highest BCUT2D eigenvalue weighted by atomic mass is 16.4. The van der Waals surface area contributed by atoms with Gasteiger partial charge in [-0.1, -0.05) is 0 Å². The van der Waals surface area contributed by atoms with Crippen LogP contribution in [0.25, 0.3) is 0 Å². The lowest BCUT2D eigenvalue weighted by atomic mass is 9.89. The largest absolute Gasteiger partial charge is 0.481 e. The molecule has 1 amide bonds. The molecule has 2 saturated heterocycles. The Hall–Kier alpha value is -1.85. The molecule has 4 unspecified atom stereocenters. The van der Waals surface area contributed by atoms with Gasteiger partial charge in [0.15, 0.2) is 0 Å². The molecule has 6 nitrogen and oxygen atoms in total. The van der Waals surface area contributed by atoms with E-state index in [1.165, 1.54) is 0 Å². The maximum atomic E-state index is 13.0. The molecule has 2 aliphatic heterocycles. The number of aliphatic carboxylic acids is 1. The number of rotatable bonds is 3. The summed E-state index contributed by atoms with van der Waals surface area (Å²) >= 11 is 0. The molecule has 3 heterocycles. The van der Waals surface area contributed by atoms with Gasteiger partial charge < -0.3 is 10.0 Å². The van der Waals surface area contributed by atoms with Gasteiger partial charge in [0.1, 0.15) is 0 Å². The molecule has 0 aliphatic carbocycles. The normalized spacial score (nSPS) is 28.2. The van der Waals surface area contributed by atoms with Gasteiger partial charge in [-0.3, -0.25) is 14.3 Å². The summed E-state index contributed by atoms with van der Waals surface area (Å²) in [5, 5.41) is 13.7. The fraction of sp³-hybridized carbons (Fsp3) is 0.688. The van der Waals surface area contributed by atoms with E-state index in [2.05, 4.69) is 5.10 Å². The second-order valence-electron chi connectivity index (χ2n) is 6.65. The first-order valence-corrected chi connectivity index (χ1v) is 7.88. The van der Waals surface area contributed by atoms with Crippen LogP contribution in [0.1, 0.15) is 49.1 Å². The van der Waals surface area contributed by atoms with Gasteiger partial charge in [-0.25, -0.2) is 0 Å². The lowest BCUT2D eigenvalue weighted by Crippen LogP contribution is -2.40. The Labute approximate surface area is 130 Å². The number of carboxylic acid groups (broad SMARTS) is 1. The fourth-order valence-corrected chi connectivity index (χ4v) is 4.36. The van der Waals surface area contributed by atoms with Crippen LogP contribution in [0.4, 0.5) is 0 Å². The second-order valence-corrected chi connectivity index (χ2v) is 6.65. The van der Waals surface area contributed by atoms with Crippen LogP contribution < -0.4 is 0 Å². The van der Waals surface area contributed by atoms with E-state index in [-0.39, 0.29) is 23.9 Å². The van der Waals surface area contributed by atoms with E-state index in [1.54, 1.807) is 4.68 Å². The van der Waals surface area contributed by atoms with Gasteiger partial charge in [0.25, 0.3) is 0 Å². The van der Waals surface area contributed by atoms with E-state index in [0.717, 1.165) is 29.8 Å². The van der Waals surface area contributed by atoms with Crippen molar-refractivity contribution in [2.75, 3.05) is 0 Å². The molecule has 1 aromatic heterocycles. The van der Waals surface area contributed by atoms with Gasteiger partial charge in [-0.15, -0.1) is 0 Å². The minimum Gasteiger partial charge on any atom is -0.481 e. The Bertz CT molecular complexity index is 637. The van der Waals surface area contributed by atoms with E-state index < -0.39 is 11.9 Å². The molecule has 0 saturated carbocycles. The molecule has 1 N–H and O–H groups in total. The average Bonchev–Trinajstić information content (AvgIpc) is 3.10. The zero-order chi connectivity index (χ0) is 16.2. The molecule has 0 radical (unpaired) electrons.